The Labute approximate surface area is 137 Å². The fourth-order valence-corrected chi connectivity index (χ4v) is 3.44. The first-order valence-electron chi connectivity index (χ1n) is 8.54. The van der Waals surface area contributed by atoms with Gasteiger partial charge in [-0.3, -0.25) is 9.48 Å². The number of amides is 1. The molecule has 1 aromatic carbocycles. The van der Waals surface area contributed by atoms with Crippen LogP contribution in [0.25, 0.3) is 0 Å². The number of nitrogens with zero attached hydrogens (tertiary/aromatic N) is 2. The average Bonchev–Trinajstić information content (AvgIpc) is 2.83. The van der Waals surface area contributed by atoms with E-state index in [0.717, 1.165) is 29.8 Å². The smallest absolute Gasteiger partial charge is 0.255 e. The number of aryl methyl sites for hydroxylation is 1. The molecule has 0 unspecified atom stereocenters. The number of carbonyl (C=O) groups excluding carboxylic acids is 1. The van der Waals surface area contributed by atoms with Gasteiger partial charge in [-0.15, -0.1) is 0 Å². The van der Waals surface area contributed by atoms with E-state index in [4.69, 9.17) is 0 Å². The first-order chi connectivity index (χ1) is 11.1. The Morgan fingerprint density at radius 3 is 2.57 bits per heavy atom. The van der Waals surface area contributed by atoms with Crippen LogP contribution in [0, 0.1) is 13.8 Å². The molecule has 3 rings (SSSR count). The molecular weight excluding hydrogens is 286 g/mol. The van der Waals surface area contributed by atoms with E-state index < -0.39 is 0 Å². The molecule has 1 N–H and O–H groups in total. The van der Waals surface area contributed by atoms with Crippen molar-refractivity contribution in [3.63, 3.8) is 0 Å². The number of benzene rings is 1. The summed E-state index contributed by atoms with van der Waals surface area (Å²) >= 11 is 0. The highest BCUT2D eigenvalue weighted by atomic mass is 16.1. The number of hydrogen-bond acceptors (Lipinski definition) is 2. The maximum Gasteiger partial charge on any atom is 0.255 e. The van der Waals surface area contributed by atoms with Crippen LogP contribution in [0.5, 0.6) is 0 Å². The van der Waals surface area contributed by atoms with Crippen LogP contribution in [-0.4, -0.2) is 21.7 Å². The fourth-order valence-electron chi connectivity index (χ4n) is 3.44. The minimum Gasteiger partial charge on any atom is -0.349 e. The van der Waals surface area contributed by atoms with Crippen molar-refractivity contribution in [2.75, 3.05) is 0 Å². The molecule has 23 heavy (non-hydrogen) atoms. The van der Waals surface area contributed by atoms with Gasteiger partial charge in [0.2, 0.25) is 0 Å². The van der Waals surface area contributed by atoms with Crippen LogP contribution in [0.2, 0.25) is 0 Å². The number of carbonyl (C=O) groups is 1. The predicted molar refractivity (Wildman–Crippen MR) is 91.6 cm³/mol. The van der Waals surface area contributed by atoms with E-state index in [-0.39, 0.29) is 5.91 Å². The van der Waals surface area contributed by atoms with Gasteiger partial charge in [-0.05, 0) is 32.3 Å². The molecule has 1 aromatic heterocycles. The molecule has 4 nitrogen and oxygen atoms in total. The molecule has 0 atom stereocenters. The van der Waals surface area contributed by atoms with E-state index in [1.54, 1.807) is 0 Å². The van der Waals surface area contributed by atoms with Gasteiger partial charge in [-0.25, -0.2) is 0 Å². The van der Waals surface area contributed by atoms with Gasteiger partial charge in [-0.1, -0.05) is 49.6 Å². The lowest BCUT2D eigenvalue weighted by Crippen LogP contribution is -2.36. The van der Waals surface area contributed by atoms with Crippen LogP contribution < -0.4 is 5.32 Å². The van der Waals surface area contributed by atoms with Gasteiger partial charge in [0.1, 0.15) is 0 Å². The van der Waals surface area contributed by atoms with Gasteiger partial charge in [0.25, 0.3) is 5.91 Å². The van der Waals surface area contributed by atoms with Crippen LogP contribution in [0.3, 0.4) is 0 Å². The van der Waals surface area contributed by atoms with Crippen molar-refractivity contribution in [3.8, 4) is 0 Å². The lowest BCUT2D eigenvalue weighted by molar-refractivity contribution is 0.0926. The first kappa shape index (κ1) is 15.8. The molecule has 1 amide bonds. The Bertz CT molecular complexity index is 669. The number of nitrogens with one attached hydrogen (secondary N) is 1. The summed E-state index contributed by atoms with van der Waals surface area (Å²) in [7, 11) is 0. The molecule has 0 saturated heterocycles. The van der Waals surface area contributed by atoms with E-state index in [2.05, 4.69) is 22.5 Å². The minimum atomic E-state index is 0.0335. The van der Waals surface area contributed by atoms with Crippen molar-refractivity contribution in [1.82, 2.24) is 15.1 Å². The molecule has 1 fully saturated rings. The van der Waals surface area contributed by atoms with Gasteiger partial charge in [0, 0.05) is 11.7 Å². The summed E-state index contributed by atoms with van der Waals surface area (Å²) < 4.78 is 1.93. The highest BCUT2D eigenvalue weighted by molar-refractivity contribution is 5.96. The number of aromatic nitrogens is 2. The van der Waals surface area contributed by atoms with Crippen molar-refractivity contribution >= 4 is 5.91 Å². The maximum absolute atomic E-state index is 12.7. The highest BCUT2D eigenvalue weighted by Gasteiger charge is 2.22. The van der Waals surface area contributed by atoms with Crippen molar-refractivity contribution in [2.45, 2.75) is 58.5 Å². The summed E-state index contributed by atoms with van der Waals surface area (Å²) in [6.07, 6.45) is 5.93. The molecule has 0 radical (unpaired) electrons. The van der Waals surface area contributed by atoms with Crippen LogP contribution in [0.4, 0.5) is 0 Å². The van der Waals surface area contributed by atoms with Crippen LogP contribution in [0.1, 0.15) is 59.4 Å². The zero-order valence-electron chi connectivity index (χ0n) is 14.0. The lowest BCUT2D eigenvalue weighted by Gasteiger charge is -2.22. The standard InChI is InChI=1S/C19H25N3O/c1-14-18(19(23)20-17-11-7-4-8-12-17)15(2)22(21-14)13-16-9-5-3-6-10-16/h3,5-6,9-10,17H,4,7-8,11-13H2,1-2H3,(H,20,23). The molecule has 0 spiro atoms. The normalized spacial score (nSPS) is 15.6. The first-order valence-corrected chi connectivity index (χ1v) is 8.54. The quantitative estimate of drug-likeness (QED) is 0.937. The van der Waals surface area contributed by atoms with E-state index >= 15 is 0 Å². The second-order valence-electron chi connectivity index (χ2n) is 6.50. The van der Waals surface area contributed by atoms with Crippen LogP contribution >= 0.6 is 0 Å². The summed E-state index contributed by atoms with van der Waals surface area (Å²) in [5.41, 5.74) is 3.69. The molecule has 4 heteroatoms. The van der Waals surface area contributed by atoms with E-state index in [9.17, 15) is 4.79 Å². The molecular formula is C19H25N3O. The third-order valence-corrected chi connectivity index (χ3v) is 4.72. The largest absolute Gasteiger partial charge is 0.349 e. The minimum absolute atomic E-state index is 0.0335. The monoisotopic (exact) mass is 311 g/mol. The van der Waals surface area contributed by atoms with Gasteiger partial charge in [0.05, 0.1) is 17.8 Å². The van der Waals surface area contributed by atoms with Gasteiger partial charge >= 0.3 is 0 Å². The molecule has 0 bridgehead atoms. The third kappa shape index (κ3) is 3.63. The number of rotatable bonds is 4. The molecule has 1 aliphatic carbocycles. The lowest BCUT2D eigenvalue weighted by atomic mass is 9.95. The van der Waals surface area contributed by atoms with E-state index in [1.165, 1.54) is 24.8 Å². The van der Waals surface area contributed by atoms with E-state index in [0.29, 0.717) is 12.6 Å². The highest BCUT2D eigenvalue weighted by Crippen LogP contribution is 2.20. The fraction of sp³-hybridized carbons (Fsp3) is 0.474. The van der Waals surface area contributed by atoms with Crippen molar-refractivity contribution in [3.05, 3.63) is 52.8 Å². The van der Waals surface area contributed by atoms with Crippen LogP contribution in [-0.2, 0) is 6.54 Å². The zero-order valence-corrected chi connectivity index (χ0v) is 14.0. The van der Waals surface area contributed by atoms with Crippen molar-refractivity contribution in [1.29, 1.82) is 0 Å². The molecule has 1 heterocycles. The van der Waals surface area contributed by atoms with Crippen molar-refractivity contribution < 1.29 is 4.79 Å². The average molecular weight is 311 g/mol. The van der Waals surface area contributed by atoms with Crippen molar-refractivity contribution in [2.24, 2.45) is 0 Å². The Hall–Kier alpha value is -2.10. The molecule has 0 aliphatic heterocycles. The summed E-state index contributed by atoms with van der Waals surface area (Å²) in [5.74, 6) is 0.0335. The topological polar surface area (TPSA) is 46.9 Å². The van der Waals surface area contributed by atoms with E-state index in [1.807, 2.05) is 36.7 Å². The van der Waals surface area contributed by atoms with Gasteiger partial charge < -0.3 is 5.32 Å². The summed E-state index contributed by atoms with van der Waals surface area (Å²) in [4.78, 5) is 12.7. The molecule has 2 aromatic rings. The van der Waals surface area contributed by atoms with Gasteiger partial charge in [0.15, 0.2) is 0 Å². The Kier molecular flexibility index (Phi) is 4.79. The summed E-state index contributed by atoms with van der Waals surface area (Å²) in [6, 6.07) is 10.5. The third-order valence-electron chi connectivity index (χ3n) is 4.72. The second-order valence-corrected chi connectivity index (χ2v) is 6.50. The Balaban J connectivity index is 1.75. The van der Waals surface area contributed by atoms with Gasteiger partial charge in [-0.2, -0.15) is 5.10 Å². The zero-order chi connectivity index (χ0) is 16.2. The summed E-state index contributed by atoms with van der Waals surface area (Å²) in [5, 5.41) is 7.78. The summed E-state index contributed by atoms with van der Waals surface area (Å²) in [6.45, 7) is 4.60. The Morgan fingerprint density at radius 2 is 1.87 bits per heavy atom. The second kappa shape index (κ2) is 6.99. The SMILES string of the molecule is Cc1nn(Cc2ccccc2)c(C)c1C(=O)NC1CCCCC1. The number of hydrogen-bond donors (Lipinski definition) is 1. The molecule has 1 saturated carbocycles. The Morgan fingerprint density at radius 1 is 1.17 bits per heavy atom. The van der Waals surface area contributed by atoms with Crippen LogP contribution in [0.15, 0.2) is 30.3 Å². The molecule has 122 valence electrons. The predicted octanol–water partition coefficient (Wildman–Crippen LogP) is 3.61. The maximum atomic E-state index is 12.7. The molecule has 1 aliphatic rings.